The molecule has 0 bridgehead atoms. The van der Waals surface area contributed by atoms with Gasteiger partial charge in [-0.25, -0.2) is 0 Å². The minimum atomic E-state index is -0.510. The first-order valence-corrected chi connectivity index (χ1v) is 13.5. The van der Waals surface area contributed by atoms with E-state index >= 15 is 0 Å². The summed E-state index contributed by atoms with van der Waals surface area (Å²) < 4.78 is 10.5. The molecule has 0 radical (unpaired) electrons. The Morgan fingerprint density at radius 3 is 2.44 bits per heavy atom. The number of methoxy groups -OCH3 is 2. The van der Waals surface area contributed by atoms with Crippen molar-refractivity contribution in [2.45, 2.75) is 4.90 Å². The van der Waals surface area contributed by atoms with Gasteiger partial charge in [0.05, 0.1) is 25.7 Å². The fourth-order valence-corrected chi connectivity index (χ4v) is 4.42. The van der Waals surface area contributed by atoms with E-state index in [1.807, 2.05) is 6.07 Å². The van der Waals surface area contributed by atoms with Crippen LogP contribution in [0.5, 0.6) is 11.5 Å². The maximum atomic E-state index is 13.3. The quantitative estimate of drug-likeness (QED) is 0.167. The number of hydrogen-bond donors (Lipinski definition) is 3. The number of nitrogens with one attached hydrogen (secondary N) is 3. The summed E-state index contributed by atoms with van der Waals surface area (Å²) in [7, 11) is 3.07. The van der Waals surface area contributed by atoms with Crippen LogP contribution in [0.15, 0.2) is 108 Å². The number of ether oxygens (including phenoxy) is 2. The molecule has 3 amide bonds. The fraction of sp³-hybridized carbons (Fsp3) is 0.0968. The van der Waals surface area contributed by atoms with Gasteiger partial charge >= 0.3 is 0 Å². The summed E-state index contributed by atoms with van der Waals surface area (Å²) in [6, 6.07) is 24.4. The van der Waals surface area contributed by atoms with Gasteiger partial charge in [0.1, 0.15) is 17.2 Å². The average molecular weight is 569 g/mol. The van der Waals surface area contributed by atoms with Gasteiger partial charge in [-0.3, -0.25) is 19.4 Å². The van der Waals surface area contributed by atoms with Crippen LogP contribution in [0.4, 0.5) is 11.4 Å². The zero-order valence-corrected chi connectivity index (χ0v) is 23.2. The number of pyridine rings is 1. The van der Waals surface area contributed by atoms with Crippen LogP contribution >= 0.6 is 11.8 Å². The van der Waals surface area contributed by atoms with Crippen LogP contribution in [-0.4, -0.2) is 42.7 Å². The molecule has 0 unspecified atom stereocenters. The molecule has 0 saturated heterocycles. The molecule has 0 spiro atoms. The van der Waals surface area contributed by atoms with Crippen molar-refractivity contribution in [3.63, 3.8) is 0 Å². The van der Waals surface area contributed by atoms with Gasteiger partial charge in [0.25, 0.3) is 11.8 Å². The number of anilines is 2. The monoisotopic (exact) mass is 568 g/mol. The largest absolute Gasteiger partial charge is 0.497 e. The van der Waals surface area contributed by atoms with Gasteiger partial charge < -0.3 is 25.4 Å². The van der Waals surface area contributed by atoms with E-state index in [4.69, 9.17) is 9.47 Å². The van der Waals surface area contributed by atoms with Gasteiger partial charge in [-0.1, -0.05) is 30.3 Å². The first kappa shape index (κ1) is 28.9. The summed E-state index contributed by atoms with van der Waals surface area (Å²) >= 11 is 1.31. The minimum Gasteiger partial charge on any atom is -0.497 e. The van der Waals surface area contributed by atoms with Gasteiger partial charge in [0.15, 0.2) is 0 Å². The molecule has 0 saturated carbocycles. The van der Waals surface area contributed by atoms with Crippen molar-refractivity contribution in [1.29, 1.82) is 0 Å². The van der Waals surface area contributed by atoms with Crippen molar-refractivity contribution < 1.29 is 23.9 Å². The number of carbonyl (C=O) groups is 3. The molecule has 1 heterocycles. The van der Waals surface area contributed by atoms with Crippen LogP contribution in [0, 0.1) is 0 Å². The summed E-state index contributed by atoms with van der Waals surface area (Å²) in [4.78, 5) is 43.5. The van der Waals surface area contributed by atoms with Gasteiger partial charge in [0.2, 0.25) is 5.91 Å². The minimum absolute atomic E-state index is 0.0534. The van der Waals surface area contributed by atoms with Crippen LogP contribution < -0.4 is 25.4 Å². The van der Waals surface area contributed by atoms with E-state index in [2.05, 4.69) is 20.9 Å². The summed E-state index contributed by atoms with van der Waals surface area (Å²) in [6.07, 6.45) is 4.77. The van der Waals surface area contributed by atoms with Crippen molar-refractivity contribution in [3.05, 3.63) is 114 Å². The van der Waals surface area contributed by atoms with E-state index in [9.17, 15) is 14.4 Å². The van der Waals surface area contributed by atoms with Crippen molar-refractivity contribution >= 4 is 46.9 Å². The normalized spacial score (nSPS) is 10.8. The molecule has 208 valence electrons. The van der Waals surface area contributed by atoms with Gasteiger partial charge in [-0.05, 0) is 60.2 Å². The third-order valence-corrected chi connectivity index (χ3v) is 6.66. The highest BCUT2D eigenvalue weighted by Crippen LogP contribution is 2.29. The van der Waals surface area contributed by atoms with Crippen LogP contribution in [0.25, 0.3) is 6.08 Å². The predicted octanol–water partition coefficient (Wildman–Crippen LogP) is 5.24. The summed E-state index contributed by atoms with van der Waals surface area (Å²) in [5, 5.41) is 8.37. The van der Waals surface area contributed by atoms with Crippen molar-refractivity contribution in [2.75, 3.05) is 30.6 Å². The molecule has 9 nitrogen and oxygen atoms in total. The molecule has 0 aliphatic rings. The molecule has 1 aromatic heterocycles. The second kappa shape index (κ2) is 14.3. The SMILES string of the molecule is COc1ccc(NC(=O)CSc2cccc(NC(=O)/C(=C/c3cccnc3)NC(=O)c3ccccc3)c2)c(OC)c1. The molecule has 0 atom stereocenters. The average Bonchev–Trinajstić information content (AvgIpc) is 3.01. The zero-order valence-electron chi connectivity index (χ0n) is 22.4. The fourth-order valence-electron chi connectivity index (χ4n) is 3.67. The van der Waals surface area contributed by atoms with E-state index in [-0.39, 0.29) is 17.4 Å². The Labute approximate surface area is 242 Å². The molecular weight excluding hydrogens is 540 g/mol. The highest BCUT2D eigenvalue weighted by molar-refractivity contribution is 8.00. The Hall–Kier alpha value is -5.09. The van der Waals surface area contributed by atoms with Crippen LogP contribution in [0.2, 0.25) is 0 Å². The van der Waals surface area contributed by atoms with Crippen LogP contribution in [0.3, 0.4) is 0 Å². The molecule has 0 aliphatic heterocycles. The number of rotatable bonds is 11. The topological polar surface area (TPSA) is 119 Å². The Morgan fingerprint density at radius 1 is 0.878 bits per heavy atom. The van der Waals surface area contributed by atoms with Crippen LogP contribution in [0.1, 0.15) is 15.9 Å². The van der Waals surface area contributed by atoms with Gasteiger partial charge in [-0.2, -0.15) is 0 Å². The number of benzene rings is 3. The zero-order chi connectivity index (χ0) is 29.0. The maximum absolute atomic E-state index is 13.3. The summed E-state index contributed by atoms with van der Waals surface area (Å²) in [5.41, 5.74) is 2.16. The van der Waals surface area contributed by atoms with Gasteiger partial charge in [0, 0.05) is 34.6 Å². The molecule has 3 N–H and O–H groups in total. The third kappa shape index (κ3) is 8.45. The highest BCUT2D eigenvalue weighted by atomic mass is 32.2. The lowest BCUT2D eigenvalue weighted by Gasteiger charge is -2.13. The molecule has 4 rings (SSSR count). The smallest absolute Gasteiger partial charge is 0.272 e. The Balaban J connectivity index is 1.42. The maximum Gasteiger partial charge on any atom is 0.272 e. The van der Waals surface area contributed by atoms with Crippen molar-refractivity contribution in [3.8, 4) is 11.5 Å². The molecule has 0 aliphatic carbocycles. The molecule has 3 aromatic carbocycles. The Morgan fingerprint density at radius 2 is 1.71 bits per heavy atom. The number of thioether (sulfide) groups is 1. The highest BCUT2D eigenvalue weighted by Gasteiger charge is 2.16. The van der Waals surface area contributed by atoms with Crippen molar-refractivity contribution in [1.82, 2.24) is 10.3 Å². The van der Waals surface area contributed by atoms with E-state index in [0.717, 1.165) is 4.90 Å². The number of carbonyl (C=O) groups excluding carboxylic acids is 3. The van der Waals surface area contributed by atoms with E-state index in [0.29, 0.717) is 34.0 Å². The van der Waals surface area contributed by atoms with Gasteiger partial charge in [-0.15, -0.1) is 11.8 Å². The van der Waals surface area contributed by atoms with Crippen LogP contribution in [-0.2, 0) is 9.59 Å². The second-order valence-electron chi connectivity index (χ2n) is 8.55. The first-order chi connectivity index (χ1) is 19.9. The lowest BCUT2D eigenvalue weighted by atomic mass is 10.2. The molecule has 41 heavy (non-hydrogen) atoms. The summed E-state index contributed by atoms with van der Waals surface area (Å²) in [6.45, 7) is 0. The number of amides is 3. The number of nitrogens with zero attached hydrogens (tertiary/aromatic N) is 1. The second-order valence-corrected chi connectivity index (χ2v) is 9.60. The first-order valence-electron chi connectivity index (χ1n) is 12.5. The third-order valence-electron chi connectivity index (χ3n) is 5.67. The van der Waals surface area contributed by atoms with E-state index in [1.54, 1.807) is 104 Å². The number of hydrogen-bond acceptors (Lipinski definition) is 7. The Bertz CT molecular complexity index is 1540. The standard InChI is InChI=1S/C31H28N4O5S/c1-39-24-13-14-26(28(18-24)40-2)34-29(36)20-41-25-12-6-11-23(17-25)33-31(38)27(16-21-8-7-15-32-19-21)35-30(37)22-9-4-3-5-10-22/h3-19H,20H2,1-2H3,(H,33,38)(H,34,36)(H,35,37)/b27-16-. The molecule has 10 heteroatoms. The molecular formula is C31H28N4O5S. The molecule has 0 fully saturated rings. The lowest BCUT2D eigenvalue weighted by Crippen LogP contribution is -2.30. The van der Waals surface area contributed by atoms with E-state index in [1.165, 1.54) is 18.9 Å². The lowest BCUT2D eigenvalue weighted by molar-refractivity contribution is -0.114. The van der Waals surface area contributed by atoms with Crippen molar-refractivity contribution in [2.24, 2.45) is 0 Å². The molecule has 4 aromatic rings. The number of aromatic nitrogens is 1. The predicted molar refractivity (Wildman–Crippen MR) is 160 cm³/mol. The summed E-state index contributed by atoms with van der Waals surface area (Å²) in [5.74, 6) is 0.0851. The Kier molecular flexibility index (Phi) is 10.1. The van der Waals surface area contributed by atoms with E-state index < -0.39 is 11.8 Å².